The van der Waals surface area contributed by atoms with Crippen LogP contribution in [0.4, 0.5) is 0 Å². The maximum absolute atomic E-state index is 12.3. The van der Waals surface area contributed by atoms with Gasteiger partial charge in [-0.15, -0.1) is 0 Å². The van der Waals surface area contributed by atoms with Gasteiger partial charge in [0.1, 0.15) is 17.4 Å². The standard InChI is InChI=1S/C25H25NO6/c1-4-29-21-11-7-18(8-12-21)10-14-24(27)32-22-13-9-19(16-23(22)30-5-2)15-20(17-26)25(28)31-6-3/h7-16H,4-6H2,1-3H3. The number of benzene rings is 2. The minimum absolute atomic E-state index is 0.141. The van der Waals surface area contributed by atoms with Crippen molar-refractivity contribution >= 4 is 24.1 Å². The molecular weight excluding hydrogens is 410 g/mol. The Balaban J connectivity index is 2.15. The number of rotatable bonds is 10. The lowest BCUT2D eigenvalue weighted by Gasteiger charge is -2.10. The Bertz CT molecular complexity index is 1030. The summed E-state index contributed by atoms with van der Waals surface area (Å²) in [5.41, 5.74) is 1.21. The molecule has 7 nitrogen and oxygen atoms in total. The molecule has 0 fully saturated rings. The van der Waals surface area contributed by atoms with E-state index in [0.717, 1.165) is 11.3 Å². The van der Waals surface area contributed by atoms with E-state index in [-0.39, 0.29) is 17.9 Å². The predicted octanol–water partition coefficient (Wildman–Crippen LogP) is 4.57. The third kappa shape index (κ3) is 7.33. The van der Waals surface area contributed by atoms with E-state index in [1.165, 1.54) is 12.2 Å². The van der Waals surface area contributed by atoms with Crippen LogP contribution in [0.1, 0.15) is 31.9 Å². The molecule has 166 valence electrons. The fourth-order valence-electron chi connectivity index (χ4n) is 2.63. The van der Waals surface area contributed by atoms with Crippen LogP contribution in [0, 0.1) is 11.3 Å². The van der Waals surface area contributed by atoms with E-state index < -0.39 is 11.9 Å². The van der Waals surface area contributed by atoms with Gasteiger partial charge in [-0.3, -0.25) is 0 Å². The number of nitrogens with zero attached hydrogens (tertiary/aromatic N) is 1. The Morgan fingerprint density at radius 2 is 1.59 bits per heavy atom. The summed E-state index contributed by atoms with van der Waals surface area (Å²) in [6.07, 6.45) is 4.33. The molecule has 2 rings (SSSR count). The van der Waals surface area contributed by atoms with Crippen molar-refractivity contribution in [1.82, 2.24) is 0 Å². The largest absolute Gasteiger partial charge is 0.494 e. The molecule has 32 heavy (non-hydrogen) atoms. The van der Waals surface area contributed by atoms with Gasteiger partial charge in [-0.05, 0) is 68.3 Å². The predicted molar refractivity (Wildman–Crippen MR) is 120 cm³/mol. The maximum Gasteiger partial charge on any atom is 0.348 e. The van der Waals surface area contributed by atoms with Crippen LogP contribution in [0.25, 0.3) is 12.2 Å². The summed E-state index contributed by atoms with van der Waals surface area (Å²) in [6.45, 7) is 6.45. The van der Waals surface area contributed by atoms with Gasteiger partial charge < -0.3 is 18.9 Å². The van der Waals surface area contributed by atoms with Crippen molar-refractivity contribution in [3.63, 3.8) is 0 Å². The lowest BCUT2D eigenvalue weighted by molar-refractivity contribution is -0.138. The highest BCUT2D eigenvalue weighted by Crippen LogP contribution is 2.30. The molecule has 0 unspecified atom stereocenters. The smallest absolute Gasteiger partial charge is 0.348 e. The molecule has 0 saturated heterocycles. The summed E-state index contributed by atoms with van der Waals surface area (Å²) < 4.78 is 21.2. The van der Waals surface area contributed by atoms with Crippen molar-refractivity contribution in [2.45, 2.75) is 20.8 Å². The second-order valence-corrected chi connectivity index (χ2v) is 6.29. The Hall–Kier alpha value is -4.05. The quantitative estimate of drug-likeness (QED) is 0.233. The summed E-state index contributed by atoms with van der Waals surface area (Å²) in [7, 11) is 0. The van der Waals surface area contributed by atoms with Gasteiger partial charge in [-0.25, -0.2) is 9.59 Å². The van der Waals surface area contributed by atoms with Crippen LogP contribution in [0.3, 0.4) is 0 Å². The number of ether oxygens (including phenoxy) is 4. The van der Waals surface area contributed by atoms with Gasteiger partial charge in [0, 0.05) is 6.08 Å². The van der Waals surface area contributed by atoms with E-state index in [4.69, 9.17) is 18.9 Å². The first kappa shape index (κ1) is 24.2. The van der Waals surface area contributed by atoms with Crippen molar-refractivity contribution in [2.75, 3.05) is 19.8 Å². The monoisotopic (exact) mass is 435 g/mol. The SMILES string of the molecule is CCOC(=O)C(C#N)=Cc1ccc(OC(=O)C=Cc2ccc(OCC)cc2)c(OCC)c1. The lowest BCUT2D eigenvalue weighted by Crippen LogP contribution is -2.07. The van der Waals surface area contributed by atoms with Crippen LogP contribution in [0.2, 0.25) is 0 Å². The molecule has 2 aromatic rings. The topological polar surface area (TPSA) is 94.9 Å². The van der Waals surface area contributed by atoms with Gasteiger partial charge in [0.2, 0.25) is 0 Å². The third-order valence-electron chi connectivity index (χ3n) is 4.01. The number of carbonyl (C=O) groups is 2. The van der Waals surface area contributed by atoms with Crippen molar-refractivity contribution < 1.29 is 28.5 Å². The third-order valence-corrected chi connectivity index (χ3v) is 4.01. The zero-order valence-corrected chi connectivity index (χ0v) is 18.3. The fourth-order valence-corrected chi connectivity index (χ4v) is 2.63. The molecule has 2 aromatic carbocycles. The van der Waals surface area contributed by atoms with E-state index in [9.17, 15) is 14.9 Å². The number of carbonyl (C=O) groups excluding carboxylic acids is 2. The van der Waals surface area contributed by atoms with Crippen molar-refractivity contribution in [3.8, 4) is 23.3 Å². The van der Waals surface area contributed by atoms with Gasteiger partial charge in [-0.1, -0.05) is 18.2 Å². The summed E-state index contributed by atoms with van der Waals surface area (Å²) in [5.74, 6) is 0.00527. The number of nitriles is 1. The lowest BCUT2D eigenvalue weighted by atomic mass is 10.1. The van der Waals surface area contributed by atoms with Crippen LogP contribution >= 0.6 is 0 Å². The fraction of sp³-hybridized carbons (Fsp3) is 0.240. The Morgan fingerprint density at radius 1 is 0.906 bits per heavy atom. The average molecular weight is 435 g/mol. The molecule has 0 aliphatic heterocycles. The summed E-state index contributed by atoms with van der Waals surface area (Å²) in [4.78, 5) is 24.1. The normalized spacial score (nSPS) is 11.0. The first-order valence-corrected chi connectivity index (χ1v) is 10.2. The molecule has 0 spiro atoms. The van der Waals surface area contributed by atoms with Crippen LogP contribution < -0.4 is 14.2 Å². The van der Waals surface area contributed by atoms with E-state index >= 15 is 0 Å². The molecule has 0 saturated carbocycles. The van der Waals surface area contributed by atoms with Crippen LogP contribution in [0.5, 0.6) is 17.2 Å². The van der Waals surface area contributed by atoms with Gasteiger partial charge in [0.15, 0.2) is 11.5 Å². The van der Waals surface area contributed by atoms with Crippen molar-refractivity contribution in [1.29, 1.82) is 5.26 Å². The zero-order valence-electron chi connectivity index (χ0n) is 18.3. The summed E-state index contributed by atoms with van der Waals surface area (Å²) in [5, 5.41) is 9.19. The number of esters is 2. The molecule has 0 bridgehead atoms. The highest BCUT2D eigenvalue weighted by Gasteiger charge is 2.13. The highest BCUT2D eigenvalue weighted by atomic mass is 16.6. The Morgan fingerprint density at radius 3 is 2.22 bits per heavy atom. The first-order valence-electron chi connectivity index (χ1n) is 10.2. The molecule has 0 N–H and O–H groups in total. The maximum atomic E-state index is 12.3. The molecule has 0 atom stereocenters. The van der Waals surface area contributed by atoms with E-state index in [2.05, 4.69) is 0 Å². The zero-order chi connectivity index (χ0) is 23.3. The summed E-state index contributed by atoms with van der Waals surface area (Å²) in [6, 6.07) is 13.9. The molecule has 0 heterocycles. The van der Waals surface area contributed by atoms with E-state index in [0.29, 0.717) is 24.5 Å². The van der Waals surface area contributed by atoms with E-state index in [1.807, 2.05) is 37.3 Å². The van der Waals surface area contributed by atoms with Gasteiger partial charge in [-0.2, -0.15) is 5.26 Å². The minimum atomic E-state index is -0.706. The van der Waals surface area contributed by atoms with Crippen molar-refractivity contribution in [3.05, 3.63) is 65.2 Å². The Labute approximate surface area is 187 Å². The molecule has 0 radical (unpaired) electrons. The van der Waals surface area contributed by atoms with E-state index in [1.54, 1.807) is 38.1 Å². The molecule has 0 aliphatic rings. The number of hydrogen-bond acceptors (Lipinski definition) is 7. The van der Waals surface area contributed by atoms with Gasteiger partial charge >= 0.3 is 11.9 Å². The van der Waals surface area contributed by atoms with Gasteiger partial charge in [0.25, 0.3) is 0 Å². The Kier molecular flexibility index (Phi) is 9.54. The number of hydrogen-bond donors (Lipinski definition) is 0. The second-order valence-electron chi connectivity index (χ2n) is 6.29. The summed E-state index contributed by atoms with van der Waals surface area (Å²) >= 11 is 0. The second kappa shape index (κ2) is 12.6. The molecule has 7 heteroatoms. The molecular formula is C25H25NO6. The molecule has 0 aromatic heterocycles. The molecule has 0 amide bonds. The first-order chi connectivity index (χ1) is 15.5. The van der Waals surface area contributed by atoms with Gasteiger partial charge in [0.05, 0.1) is 19.8 Å². The van der Waals surface area contributed by atoms with Crippen LogP contribution in [0.15, 0.2) is 54.1 Å². The van der Waals surface area contributed by atoms with Crippen molar-refractivity contribution in [2.24, 2.45) is 0 Å². The minimum Gasteiger partial charge on any atom is -0.494 e. The molecule has 0 aliphatic carbocycles. The average Bonchev–Trinajstić information content (AvgIpc) is 2.79. The van der Waals surface area contributed by atoms with Crippen LogP contribution in [-0.4, -0.2) is 31.8 Å². The van der Waals surface area contributed by atoms with Crippen LogP contribution in [-0.2, 0) is 14.3 Å². The highest BCUT2D eigenvalue weighted by molar-refractivity contribution is 5.98.